The first-order valence-electron chi connectivity index (χ1n) is 7.29. The number of anilines is 1. The van der Waals surface area contributed by atoms with Gasteiger partial charge >= 0.3 is 5.97 Å². The van der Waals surface area contributed by atoms with Crippen molar-refractivity contribution < 1.29 is 14.3 Å². The summed E-state index contributed by atoms with van der Waals surface area (Å²) in [6.07, 6.45) is 2.45. The summed E-state index contributed by atoms with van der Waals surface area (Å²) in [5.41, 5.74) is 1.37. The van der Waals surface area contributed by atoms with Crippen molar-refractivity contribution >= 4 is 33.5 Å². The predicted octanol–water partition coefficient (Wildman–Crippen LogP) is 3.39. The fourth-order valence-electron chi connectivity index (χ4n) is 2.30. The van der Waals surface area contributed by atoms with E-state index in [0.29, 0.717) is 24.5 Å². The van der Waals surface area contributed by atoms with Gasteiger partial charge in [0.1, 0.15) is 0 Å². The van der Waals surface area contributed by atoms with Crippen LogP contribution < -0.4 is 4.90 Å². The molecule has 1 heterocycles. The van der Waals surface area contributed by atoms with Gasteiger partial charge in [-0.15, -0.1) is 0 Å². The summed E-state index contributed by atoms with van der Waals surface area (Å²) in [5.74, 6) is 0.190. The number of hydrogen-bond donors (Lipinski definition) is 0. The van der Waals surface area contributed by atoms with E-state index >= 15 is 0 Å². The van der Waals surface area contributed by atoms with Crippen LogP contribution in [-0.2, 0) is 9.53 Å². The maximum Gasteiger partial charge on any atom is 0.338 e. The third-order valence-corrected chi connectivity index (χ3v) is 4.48. The Morgan fingerprint density at radius 3 is 2.67 bits per heavy atom. The Labute approximate surface area is 133 Å². The SMILES string of the molecule is CCCCOC(=O)c1ccc(N2CC(CBr)CC2=O)cc1. The molecule has 1 unspecified atom stereocenters. The lowest BCUT2D eigenvalue weighted by molar-refractivity contribution is -0.117. The highest BCUT2D eigenvalue weighted by molar-refractivity contribution is 9.09. The Hall–Kier alpha value is -1.36. The first-order chi connectivity index (χ1) is 10.2. The van der Waals surface area contributed by atoms with E-state index in [4.69, 9.17) is 4.74 Å². The summed E-state index contributed by atoms with van der Waals surface area (Å²) in [7, 11) is 0. The Morgan fingerprint density at radius 2 is 2.10 bits per heavy atom. The van der Waals surface area contributed by atoms with Crippen molar-refractivity contribution in [2.75, 3.05) is 23.4 Å². The smallest absolute Gasteiger partial charge is 0.338 e. The van der Waals surface area contributed by atoms with E-state index in [1.165, 1.54) is 0 Å². The molecule has 0 bridgehead atoms. The van der Waals surface area contributed by atoms with E-state index in [9.17, 15) is 9.59 Å². The molecule has 1 atom stereocenters. The molecule has 0 radical (unpaired) electrons. The topological polar surface area (TPSA) is 46.6 Å². The Morgan fingerprint density at radius 1 is 1.38 bits per heavy atom. The van der Waals surface area contributed by atoms with Gasteiger partial charge in [-0.1, -0.05) is 29.3 Å². The molecule has 4 nitrogen and oxygen atoms in total. The van der Waals surface area contributed by atoms with Crippen molar-refractivity contribution in [3.05, 3.63) is 29.8 Å². The number of carbonyl (C=O) groups is 2. The number of alkyl halides is 1. The van der Waals surface area contributed by atoms with Gasteiger partial charge in [-0.25, -0.2) is 4.79 Å². The summed E-state index contributed by atoms with van der Waals surface area (Å²) in [6.45, 7) is 3.23. The number of rotatable bonds is 6. The number of nitrogens with zero attached hydrogens (tertiary/aromatic N) is 1. The van der Waals surface area contributed by atoms with Crippen molar-refractivity contribution in [1.29, 1.82) is 0 Å². The summed E-state index contributed by atoms with van der Waals surface area (Å²) in [6, 6.07) is 7.06. The zero-order chi connectivity index (χ0) is 15.2. The minimum Gasteiger partial charge on any atom is -0.462 e. The number of carbonyl (C=O) groups excluding carboxylic acids is 2. The van der Waals surface area contributed by atoms with E-state index in [2.05, 4.69) is 22.9 Å². The average molecular weight is 354 g/mol. The molecule has 1 aromatic rings. The second-order valence-electron chi connectivity index (χ2n) is 5.27. The normalized spacial score (nSPS) is 18.1. The molecule has 1 fully saturated rings. The molecule has 21 heavy (non-hydrogen) atoms. The Bertz CT molecular complexity index is 501. The number of ether oxygens (including phenoxy) is 1. The summed E-state index contributed by atoms with van der Waals surface area (Å²) < 4.78 is 5.16. The van der Waals surface area contributed by atoms with Gasteiger partial charge in [-0.2, -0.15) is 0 Å². The molecule has 0 aromatic heterocycles. The molecule has 1 saturated heterocycles. The van der Waals surface area contributed by atoms with Crippen LogP contribution in [0.5, 0.6) is 0 Å². The van der Waals surface area contributed by atoms with Gasteiger partial charge in [0.05, 0.1) is 12.2 Å². The van der Waals surface area contributed by atoms with Crippen LogP contribution >= 0.6 is 15.9 Å². The molecule has 1 aliphatic heterocycles. The first-order valence-corrected chi connectivity index (χ1v) is 8.41. The van der Waals surface area contributed by atoms with Crippen LogP contribution in [0.1, 0.15) is 36.5 Å². The van der Waals surface area contributed by atoms with E-state index in [0.717, 1.165) is 30.4 Å². The van der Waals surface area contributed by atoms with Gasteiger partial charge in [0.15, 0.2) is 0 Å². The molecule has 1 aliphatic rings. The molecular weight excluding hydrogens is 334 g/mol. The number of hydrogen-bond acceptors (Lipinski definition) is 3. The lowest BCUT2D eigenvalue weighted by atomic mass is 10.1. The number of unbranched alkanes of at least 4 members (excludes halogenated alkanes) is 1. The number of halogens is 1. The van der Waals surface area contributed by atoms with Crippen LogP contribution in [0, 0.1) is 5.92 Å². The number of esters is 1. The maximum absolute atomic E-state index is 12.0. The van der Waals surface area contributed by atoms with Crippen molar-refractivity contribution in [3.63, 3.8) is 0 Å². The fraction of sp³-hybridized carbons (Fsp3) is 0.500. The third kappa shape index (κ3) is 4.06. The zero-order valence-electron chi connectivity index (χ0n) is 12.2. The van der Waals surface area contributed by atoms with Crippen LogP contribution in [0.25, 0.3) is 0 Å². The zero-order valence-corrected chi connectivity index (χ0v) is 13.8. The molecule has 114 valence electrons. The van der Waals surface area contributed by atoms with Crippen molar-refractivity contribution in [3.8, 4) is 0 Å². The van der Waals surface area contributed by atoms with E-state index < -0.39 is 0 Å². The molecule has 0 N–H and O–H groups in total. The van der Waals surface area contributed by atoms with Crippen LogP contribution in [0.3, 0.4) is 0 Å². The molecule has 5 heteroatoms. The third-order valence-electron chi connectivity index (χ3n) is 3.57. The Kier molecular flexibility index (Phi) is 5.79. The lowest BCUT2D eigenvalue weighted by Crippen LogP contribution is -2.24. The van der Waals surface area contributed by atoms with Crippen molar-refractivity contribution in [2.45, 2.75) is 26.2 Å². The highest BCUT2D eigenvalue weighted by Crippen LogP contribution is 2.26. The second kappa shape index (κ2) is 7.59. The van der Waals surface area contributed by atoms with Gasteiger partial charge in [0.2, 0.25) is 5.91 Å². The highest BCUT2D eigenvalue weighted by atomic mass is 79.9. The van der Waals surface area contributed by atoms with E-state index in [-0.39, 0.29) is 11.9 Å². The van der Waals surface area contributed by atoms with Crippen molar-refractivity contribution in [1.82, 2.24) is 0 Å². The summed E-state index contributed by atoms with van der Waals surface area (Å²) in [5, 5.41) is 0.830. The molecule has 0 aliphatic carbocycles. The largest absolute Gasteiger partial charge is 0.462 e. The molecule has 0 spiro atoms. The minimum atomic E-state index is -0.305. The quantitative estimate of drug-likeness (QED) is 0.447. The number of benzene rings is 1. The monoisotopic (exact) mass is 353 g/mol. The van der Waals surface area contributed by atoms with Gasteiger partial charge in [-0.05, 0) is 36.6 Å². The molecular formula is C16H20BrNO3. The van der Waals surface area contributed by atoms with Crippen LogP contribution in [-0.4, -0.2) is 30.4 Å². The summed E-state index contributed by atoms with van der Waals surface area (Å²) in [4.78, 5) is 25.5. The lowest BCUT2D eigenvalue weighted by Gasteiger charge is -2.16. The van der Waals surface area contributed by atoms with Crippen LogP contribution in [0.4, 0.5) is 5.69 Å². The van der Waals surface area contributed by atoms with Gasteiger partial charge in [0, 0.05) is 24.0 Å². The van der Waals surface area contributed by atoms with E-state index in [1.54, 1.807) is 17.0 Å². The second-order valence-corrected chi connectivity index (χ2v) is 5.91. The van der Waals surface area contributed by atoms with E-state index in [1.807, 2.05) is 12.1 Å². The van der Waals surface area contributed by atoms with Crippen LogP contribution in [0.15, 0.2) is 24.3 Å². The Balaban J connectivity index is 1.99. The number of amides is 1. The van der Waals surface area contributed by atoms with Gasteiger partial charge < -0.3 is 9.64 Å². The fourth-order valence-corrected chi connectivity index (χ4v) is 2.74. The molecule has 2 rings (SSSR count). The molecule has 0 saturated carbocycles. The maximum atomic E-state index is 12.0. The van der Waals surface area contributed by atoms with Gasteiger partial charge in [-0.3, -0.25) is 4.79 Å². The minimum absolute atomic E-state index is 0.137. The standard InChI is InChI=1S/C16H20BrNO3/c1-2-3-8-21-16(20)13-4-6-14(7-5-13)18-11-12(10-17)9-15(18)19/h4-7,12H,2-3,8-11H2,1H3. The summed E-state index contributed by atoms with van der Waals surface area (Å²) >= 11 is 3.42. The first kappa shape index (κ1) is 16.0. The molecule has 1 aromatic carbocycles. The molecule has 1 amide bonds. The predicted molar refractivity (Wildman–Crippen MR) is 85.9 cm³/mol. The average Bonchev–Trinajstić information content (AvgIpc) is 2.89. The van der Waals surface area contributed by atoms with Crippen molar-refractivity contribution in [2.24, 2.45) is 5.92 Å². The van der Waals surface area contributed by atoms with Gasteiger partial charge in [0.25, 0.3) is 0 Å². The highest BCUT2D eigenvalue weighted by Gasteiger charge is 2.29. The van der Waals surface area contributed by atoms with Crippen LogP contribution in [0.2, 0.25) is 0 Å².